The largest absolute Gasteiger partial charge is 0.497 e. The van der Waals surface area contributed by atoms with Crippen molar-refractivity contribution in [1.29, 1.82) is 0 Å². The highest BCUT2D eigenvalue weighted by molar-refractivity contribution is 5.78. The van der Waals surface area contributed by atoms with E-state index in [1.54, 1.807) is 12.7 Å². The third-order valence-corrected chi connectivity index (χ3v) is 8.43. The Morgan fingerprint density at radius 2 is 1.94 bits per heavy atom. The maximum Gasteiger partial charge on any atom is 0.119 e. The Labute approximate surface area is 187 Å². The Bertz CT molecular complexity index is 988. The number of nitrogens with zero attached hydrogens (tertiary/aromatic N) is 1. The van der Waals surface area contributed by atoms with Gasteiger partial charge < -0.3 is 4.74 Å². The fourth-order valence-electron chi connectivity index (χ4n) is 6.82. The summed E-state index contributed by atoms with van der Waals surface area (Å²) in [5.41, 5.74) is 6.14. The molecular formula is C29H35NO. The van der Waals surface area contributed by atoms with Crippen molar-refractivity contribution < 1.29 is 4.74 Å². The molecule has 2 heteroatoms. The lowest BCUT2D eigenvalue weighted by atomic mass is 9.56. The summed E-state index contributed by atoms with van der Waals surface area (Å²) in [5.74, 6) is 3.37. The lowest BCUT2D eigenvalue weighted by Crippen LogP contribution is -2.39. The van der Waals surface area contributed by atoms with E-state index in [0.717, 1.165) is 23.5 Å². The van der Waals surface area contributed by atoms with Crippen LogP contribution in [-0.2, 0) is 6.42 Å². The summed E-state index contributed by atoms with van der Waals surface area (Å²) in [6, 6.07) is 15.9. The summed E-state index contributed by atoms with van der Waals surface area (Å²) in [5, 5.41) is 0. The summed E-state index contributed by atoms with van der Waals surface area (Å²) in [4.78, 5) is 5.00. The number of aliphatic imine (C=N–C) groups is 1. The number of rotatable bonds is 4. The average molecular weight is 414 g/mol. The van der Waals surface area contributed by atoms with E-state index in [2.05, 4.69) is 68.5 Å². The first kappa shape index (κ1) is 20.5. The third kappa shape index (κ3) is 3.97. The third-order valence-electron chi connectivity index (χ3n) is 8.43. The van der Waals surface area contributed by atoms with Gasteiger partial charge in [-0.3, -0.25) is 4.99 Å². The van der Waals surface area contributed by atoms with Crippen LogP contribution in [-0.4, -0.2) is 19.4 Å². The Kier molecular flexibility index (Phi) is 5.50. The second-order valence-electron chi connectivity index (χ2n) is 10.3. The molecule has 0 unspecified atom stereocenters. The predicted molar refractivity (Wildman–Crippen MR) is 130 cm³/mol. The van der Waals surface area contributed by atoms with Crippen molar-refractivity contribution in [2.75, 3.05) is 7.11 Å². The molecule has 0 amide bonds. The molecule has 3 aliphatic rings. The van der Waals surface area contributed by atoms with Crippen LogP contribution in [0.25, 0.3) is 6.08 Å². The van der Waals surface area contributed by atoms with Crippen molar-refractivity contribution in [1.82, 2.24) is 0 Å². The van der Waals surface area contributed by atoms with Gasteiger partial charge in [-0.1, -0.05) is 48.9 Å². The van der Waals surface area contributed by atoms with Gasteiger partial charge in [-0.2, -0.15) is 0 Å². The van der Waals surface area contributed by atoms with E-state index in [4.69, 9.17) is 9.73 Å². The second kappa shape index (κ2) is 8.30. The fourth-order valence-corrected chi connectivity index (χ4v) is 6.82. The molecule has 0 spiro atoms. The van der Waals surface area contributed by atoms with Crippen molar-refractivity contribution in [3.05, 3.63) is 70.8 Å². The molecule has 0 bridgehead atoms. The van der Waals surface area contributed by atoms with E-state index in [0.29, 0.717) is 11.5 Å². The van der Waals surface area contributed by atoms with E-state index in [-0.39, 0.29) is 0 Å². The molecule has 2 aromatic rings. The lowest BCUT2D eigenvalue weighted by molar-refractivity contribution is 0.0598. The van der Waals surface area contributed by atoms with E-state index in [9.17, 15) is 0 Å². The number of aryl methyl sites for hydroxylation is 2. The first-order valence-electron chi connectivity index (χ1n) is 12.0. The first-order valence-corrected chi connectivity index (χ1v) is 12.0. The van der Waals surface area contributed by atoms with Crippen LogP contribution in [0.4, 0.5) is 0 Å². The second-order valence-corrected chi connectivity index (χ2v) is 10.3. The Morgan fingerprint density at radius 3 is 2.74 bits per heavy atom. The topological polar surface area (TPSA) is 21.6 Å². The molecule has 3 aliphatic carbocycles. The van der Waals surface area contributed by atoms with Crippen molar-refractivity contribution >= 4 is 12.3 Å². The highest BCUT2D eigenvalue weighted by atomic mass is 16.5. The maximum atomic E-state index is 5.47. The van der Waals surface area contributed by atoms with Gasteiger partial charge in [0.05, 0.1) is 13.2 Å². The van der Waals surface area contributed by atoms with Crippen LogP contribution >= 0.6 is 0 Å². The molecule has 0 radical (unpaired) electrons. The molecule has 0 saturated heterocycles. The van der Waals surface area contributed by atoms with Crippen LogP contribution < -0.4 is 4.74 Å². The lowest BCUT2D eigenvalue weighted by Gasteiger charge is -2.49. The molecule has 0 heterocycles. The van der Waals surface area contributed by atoms with Crippen molar-refractivity contribution in [3.8, 4) is 5.75 Å². The number of allylic oxidation sites excluding steroid dienone is 1. The van der Waals surface area contributed by atoms with E-state index < -0.39 is 0 Å². The number of hydrogen-bond acceptors (Lipinski definition) is 2. The van der Waals surface area contributed by atoms with Gasteiger partial charge in [0.2, 0.25) is 0 Å². The fraction of sp³-hybridized carbons (Fsp3) is 0.483. The minimum absolute atomic E-state index is 0.466. The molecule has 2 nitrogen and oxygen atoms in total. The first-order chi connectivity index (χ1) is 15.1. The van der Waals surface area contributed by atoms with Crippen LogP contribution in [0.2, 0.25) is 0 Å². The smallest absolute Gasteiger partial charge is 0.119 e. The molecule has 31 heavy (non-hydrogen) atoms. The zero-order valence-electron chi connectivity index (χ0n) is 19.2. The van der Waals surface area contributed by atoms with Crippen molar-refractivity contribution in [2.45, 2.75) is 64.3 Å². The molecule has 5 atom stereocenters. The summed E-state index contributed by atoms with van der Waals surface area (Å²) in [7, 11) is 1.77. The van der Waals surface area contributed by atoms with Crippen LogP contribution in [0.3, 0.4) is 0 Å². The molecule has 5 rings (SSSR count). The van der Waals surface area contributed by atoms with Gasteiger partial charge in [0.15, 0.2) is 0 Å². The highest BCUT2D eigenvalue weighted by Gasteiger charge is 2.52. The van der Waals surface area contributed by atoms with Gasteiger partial charge in [-0.15, -0.1) is 0 Å². The molecule has 2 aromatic carbocycles. The summed E-state index contributed by atoms with van der Waals surface area (Å²) in [6.45, 7) is 4.68. The normalized spacial score (nSPS) is 32.1. The molecule has 0 N–H and O–H groups in total. The van der Waals surface area contributed by atoms with E-state index in [1.165, 1.54) is 55.2 Å². The Morgan fingerprint density at radius 1 is 1.10 bits per heavy atom. The number of benzene rings is 2. The van der Waals surface area contributed by atoms with Crippen LogP contribution in [0.15, 0.2) is 53.5 Å². The Balaban J connectivity index is 1.28. The van der Waals surface area contributed by atoms with Gasteiger partial charge in [0.25, 0.3) is 0 Å². The molecule has 162 valence electrons. The quantitative estimate of drug-likeness (QED) is 0.494. The van der Waals surface area contributed by atoms with Gasteiger partial charge in [0.1, 0.15) is 5.75 Å². The summed E-state index contributed by atoms with van der Waals surface area (Å²) >= 11 is 0. The minimum atomic E-state index is 0.466. The number of ether oxygens (including phenoxy) is 1. The molecule has 2 fully saturated rings. The summed E-state index contributed by atoms with van der Waals surface area (Å²) < 4.78 is 5.47. The van der Waals surface area contributed by atoms with Crippen molar-refractivity contribution in [2.24, 2.45) is 22.2 Å². The average Bonchev–Trinajstić information content (AvgIpc) is 3.14. The van der Waals surface area contributed by atoms with Gasteiger partial charge in [-0.05, 0) is 104 Å². The number of fused-ring (bicyclic) bond motifs is 5. The molecule has 0 aliphatic heterocycles. The molecular weight excluding hydrogens is 378 g/mol. The van der Waals surface area contributed by atoms with Crippen molar-refractivity contribution in [3.63, 3.8) is 0 Å². The van der Waals surface area contributed by atoms with E-state index >= 15 is 0 Å². The van der Waals surface area contributed by atoms with Gasteiger partial charge >= 0.3 is 0 Å². The zero-order chi connectivity index (χ0) is 21.4. The van der Waals surface area contributed by atoms with E-state index in [1.807, 2.05) is 6.21 Å². The molecule has 2 saturated carbocycles. The monoisotopic (exact) mass is 413 g/mol. The standard InChI is InChI=1S/C29H35NO/c1-20-6-8-21(9-7-20)5-4-16-30-23-18-28-27-12-10-22-17-24(31-3)11-13-25(22)26(27)14-15-29(28,2)19-23/h4-9,11,13,16-17,23,26-28H,10,12,14-15,18-19H2,1-3H3/b5-4+,30-16?/t23-,26+,27+,28-,29+/m0/s1. The zero-order valence-corrected chi connectivity index (χ0v) is 19.2. The molecule has 0 aromatic heterocycles. The summed E-state index contributed by atoms with van der Waals surface area (Å²) in [6.07, 6.45) is 14.0. The van der Waals surface area contributed by atoms with Crippen LogP contribution in [0.5, 0.6) is 5.75 Å². The Hall–Kier alpha value is -2.35. The number of methoxy groups -OCH3 is 1. The predicted octanol–water partition coefficient (Wildman–Crippen LogP) is 7.01. The van der Waals surface area contributed by atoms with Gasteiger partial charge in [-0.25, -0.2) is 0 Å². The van der Waals surface area contributed by atoms with Crippen LogP contribution in [0.1, 0.15) is 67.2 Å². The number of hydrogen-bond donors (Lipinski definition) is 0. The minimum Gasteiger partial charge on any atom is -0.497 e. The maximum absolute atomic E-state index is 5.47. The highest BCUT2D eigenvalue weighted by Crippen LogP contribution is 2.61. The van der Waals surface area contributed by atoms with Crippen LogP contribution in [0, 0.1) is 24.2 Å². The SMILES string of the molecule is COc1ccc2c(c1)CC[C@@H]1[C@@H]2CC[C@]2(C)C[C@@H](N=C/C=C/c3ccc(C)cc3)C[C@@H]12. The van der Waals surface area contributed by atoms with Gasteiger partial charge in [0, 0.05) is 6.21 Å².